The zero-order valence-electron chi connectivity index (χ0n) is 11.2. The van der Waals surface area contributed by atoms with Gasteiger partial charge >= 0.3 is 5.97 Å². The minimum atomic E-state index is -0.716. The first-order valence-corrected chi connectivity index (χ1v) is 9.59. The van der Waals surface area contributed by atoms with E-state index in [0.29, 0.717) is 24.1 Å². The van der Waals surface area contributed by atoms with Crippen LogP contribution in [0, 0.1) is 0 Å². The topological polar surface area (TPSA) is 75.1 Å². The molecule has 2 aliphatic rings. The lowest BCUT2D eigenvalue weighted by atomic mass is 9.98. The maximum Gasteiger partial charge on any atom is 0.323 e. The molecule has 2 fully saturated rings. The number of thioether (sulfide) groups is 2. The van der Waals surface area contributed by atoms with Crippen LogP contribution in [-0.4, -0.2) is 44.4 Å². The third-order valence-electron chi connectivity index (χ3n) is 3.77. The SMILES string of the molecule is CSc1nnc(SC2CCC(NC3CC3)(C(=O)O)C2)s1. The molecule has 0 aliphatic heterocycles. The summed E-state index contributed by atoms with van der Waals surface area (Å²) in [6.45, 7) is 0. The van der Waals surface area contributed by atoms with E-state index in [0.717, 1.165) is 27.9 Å². The van der Waals surface area contributed by atoms with Gasteiger partial charge < -0.3 is 5.11 Å². The van der Waals surface area contributed by atoms with Crippen LogP contribution in [0.4, 0.5) is 0 Å². The third kappa shape index (κ3) is 3.13. The van der Waals surface area contributed by atoms with Gasteiger partial charge in [0.2, 0.25) is 0 Å². The predicted octanol–water partition coefficient (Wildman–Crippen LogP) is 2.48. The number of carboxylic acid groups (broad SMARTS) is 1. The van der Waals surface area contributed by atoms with Crippen molar-refractivity contribution in [3.05, 3.63) is 0 Å². The Morgan fingerprint density at radius 3 is 2.75 bits per heavy atom. The van der Waals surface area contributed by atoms with Crippen molar-refractivity contribution in [1.82, 2.24) is 15.5 Å². The van der Waals surface area contributed by atoms with E-state index in [2.05, 4.69) is 15.5 Å². The van der Waals surface area contributed by atoms with Crippen LogP contribution >= 0.6 is 34.9 Å². The molecule has 1 aromatic rings. The van der Waals surface area contributed by atoms with E-state index in [-0.39, 0.29) is 0 Å². The third-order valence-corrected chi connectivity index (χ3v) is 7.02. The Bertz CT molecular complexity index is 506. The van der Waals surface area contributed by atoms with Crippen molar-refractivity contribution in [1.29, 1.82) is 0 Å². The maximum atomic E-state index is 11.6. The molecule has 1 heterocycles. The lowest BCUT2D eigenvalue weighted by molar-refractivity contribution is -0.144. The number of carboxylic acids is 1. The van der Waals surface area contributed by atoms with Gasteiger partial charge in [-0.1, -0.05) is 34.9 Å². The Labute approximate surface area is 130 Å². The summed E-state index contributed by atoms with van der Waals surface area (Å²) in [7, 11) is 0. The quantitative estimate of drug-likeness (QED) is 0.776. The second kappa shape index (κ2) is 5.82. The Morgan fingerprint density at radius 2 is 2.15 bits per heavy atom. The molecule has 0 saturated heterocycles. The zero-order chi connectivity index (χ0) is 14.2. The summed E-state index contributed by atoms with van der Waals surface area (Å²) in [5.74, 6) is -0.699. The molecule has 2 N–H and O–H groups in total. The fourth-order valence-corrected chi connectivity index (χ4v) is 5.55. The van der Waals surface area contributed by atoms with E-state index in [9.17, 15) is 9.90 Å². The Hall–Kier alpha value is -0.310. The van der Waals surface area contributed by atoms with Gasteiger partial charge in [0.15, 0.2) is 8.68 Å². The van der Waals surface area contributed by atoms with Crippen molar-refractivity contribution in [3.63, 3.8) is 0 Å². The normalized spacial score (nSPS) is 29.8. The van der Waals surface area contributed by atoms with Gasteiger partial charge in [0.1, 0.15) is 5.54 Å². The van der Waals surface area contributed by atoms with Crippen LogP contribution in [0.15, 0.2) is 8.68 Å². The number of hydrogen-bond acceptors (Lipinski definition) is 7. The highest BCUT2D eigenvalue weighted by molar-refractivity contribution is 8.03. The highest BCUT2D eigenvalue weighted by atomic mass is 32.2. The Kier molecular flexibility index (Phi) is 4.26. The molecule has 0 aromatic carbocycles. The number of rotatable bonds is 6. The van der Waals surface area contributed by atoms with Crippen LogP contribution in [0.2, 0.25) is 0 Å². The smallest absolute Gasteiger partial charge is 0.323 e. The van der Waals surface area contributed by atoms with Crippen molar-refractivity contribution in [3.8, 4) is 0 Å². The van der Waals surface area contributed by atoms with Crippen LogP contribution in [0.5, 0.6) is 0 Å². The van der Waals surface area contributed by atoms with Crippen LogP contribution in [0.3, 0.4) is 0 Å². The Balaban J connectivity index is 1.63. The number of nitrogens with one attached hydrogen (secondary N) is 1. The minimum Gasteiger partial charge on any atom is -0.480 e. The van der Waals surface area contributed by atoms with E-state index in [1.165, 1.54) is 0 Å². The maximum absolute atomic E-state index is 11.6. The molecule has 0 radical (unpaired) electrons. The van der Waals surface area contributed by atoms with Gasteiger partial charge in [-0.2, -0.15) is 0 Å². The molecule has 2 unspecified atom stereocenters. The molecule has 0 amide bonds. The number of aliphatic carboxylic acids is 1. The lowest BCUT2D eigenvalue weighted by Crippen LogP contribution is -2.51. The van der Waals surface area contributed by atoms with E-state index in [1.54, 1.807) is 34.9 Å². The van der Waals surface area contributed by atoms with Crippen molar-refractivity contribution in [2.45, 2.75) is 57.6 Å². The monoisotopic (exact) mass is 331 g/mol. The Morgan fingerprint density at radius 1 is 1.40 bits per heavy atom. The van der Waals surface area contributed by atoms with Gasteiger partial charge in [-0.15, -0.1) is 10.2 Å². The van der Waals surface area contributed by atoms with E-state index >= 15 is 0 Å². The van der Waals surface area contributed by atoms with Crippen LogP contribution in [0.1, 0.15) is 32.1 Å². The lowest BCUT2D eigenvalue weighted by Gasteiger charge is -2.25. The summed E-state index contributed by atoms with van der Waals surface area (Å²) in [5, 5.41) is 21.5. The van der Waals surface area contributed by atoms with Crippen molar-refractivity contribution in [2.24, 2.45) is 0 Å². The van der Waals surface area contributed by atoms with E-state index in [4.69, 9.17) is 0 Å². The minimum absolute atomic E-state index is 0.319. The van der Waals surface area contributed by atoms with E-state index < -0.39 is 11.5 Å². The van der Waals surface area contributed by atoms with Gasteiger partial charge in [0, 0.05) is 11.3 Å². The molecule has 2 aliphatic carbocycles. The average Bonchev–Trinajstić information content (AvgIpc) is 2.96. The predicted molar refractivity (Wildman–Crippen MR) is 81.7 cm³/mol. The van der Waals surface area contributed by atoms with Gasteiger partial charge in [0.05, 0.1) is 0 Å². The molecule has 110 valence electrons. The highest BCUT2D eigenvalue weighted by Gasteiger charge is 2.48. The number of carbonyl (C=O) groups is 1. The molecule has 3 rings (SSSR count). The molecular formula is C12H17N3O2S3. The van der Waals surface area contributed by atoms with Gasteiger partial charge in [0.25, 0.3) is 0 Å². The second-order valence-electron chi connectivity index (χ2n) is 5.33. The van der Waals surface area contributed by atoms with Gasteiger partial charge in [-0.25, -0.2) is 0 Å². The number of nitrogens with zero attached hydrogens (tertiary/aromatic N) is 2. The molecule has 2 saturated carbocycles. The second-order valence-corrected chi connectivity index (χ2v) is 8.90. The summed E-state index contributed by atoms with van der Waals surface area (Å²) >= 11 is 4.87. The zero-order valence-corrected chi connectivity index (χ0v) is 13.6. The largest absolute Gasteiger partial charge is 0.480 e. The molecule has 2 atom stereocenters. The first-order chi connectivity index (χ1) is 9.61. The molecule has 8 heteroatoms. The van der Waals surface area contributed by atoms with Crippen LogP contribution in [0.25, 0.3) is 0 Å². The first kappa shape index (κ1) is 14.6. The van der Waals surface area contributed by atoms with Crippen molar-refractivity contribution in [2.75, 3.05) is 6.26 Å². The van der Waals surface area contributed by atoms with Crippen LogP contribution in [-0.2, 0) is 4.79 Å². The van der Waals surface area contributed by atoms with Gasteiger partial charge in [-0.05, 0) is 38.4 Å². The highest BCUT2D eigenvalue weighted by Crippen LogP contribution is 2.43. The summed E-state index contributed by atoms with van der Waals surface area (Å²) < 4.78 is 1.91. The fraction of sp³-hybridized carbons (Fsp3) is 0.750. The van der Waals surface area contributed by atoms with Crippen LogP contribution < -0.4 is 5.32 Å². The van der Waals surface area contributed by atoms with Crippen molar-refractivity contribution < 1.29 is 9.90 Å². The standard InChI is InChI=1S/C12H17N3O2S3/c1-18-10-14-15-11(20-10)19-8-4-5-12(6-8,9(16)17)13-7-2-3-7/h7-8,13H,2-6H2,1H3,(H,16,17). The molecule has 0 bridgehead atoms. The summed E-state index contributed by atoms with van der Waals surface area (Å²) in [4.78, 5) is 11.6. The molecule has 1 aromatic heterocycles. The first-order valence-electron chi connectivity index (χ1n) is 6.66. The number of aromatic nitrogens is 2. The molecule has 20 heavy (non-hydrogen) atoms. The molecule has 0 spiro atoms. The molecular weight excluding hydrogens is 314 g/mol. The molecule has 5 nitrogen and oxygen atoms in total. The number of hydrogen-bond donors (Lipinski definition) is 2. The summed E-state index contributed by atoms with van der Waals surface area (Å²) in [6.07, 6.45) is 6.52. The summed E-state index contributed by atoms with van der Waals surface area (Å²) in [6, 6.07) is 0.416. The van der Waals surface area contributed by atoms with E-state index in [1.807, 2.05) is 6.26 Å². The average molecular weight is 331 g/mol. The summed E-state index contributed by atoms with van der Waals surface area (Å²) in [5.41, 5.74) is -0.716. The van der Waals surface area contributed by atoms with Gasteiger partial charge in [-0.3, -0.25) is 10.1 Å². The fourth-order valence-electron chi connectivity index (χ4n) is 2.58. The van der Waals surface area contributed by atoms with Crippen molar-refractivity contribution >= 4 is 40.8 Å².